The Balaban J connectivity index is 2.29. The van der Waals surface area contributed by atoms with E-state index < -0.39 is 5.97 Å². The van der Waals surface area contributed by atoms with E-state index in [4.69, 9.17) is 9.84 Å². The van der Waals surface area contributed by atoms with E-state index in [2.05, 4.69) is 5.32 Å². The maximum atomic E-state index is 11.7. The van der Waals surface area contributed by atoms with Gasteiger partial charge in [0, 0.05) is 12.8 Å². The topological polar surface area (TPSA) is 75.6 Å². The summed E-state index contributed by atoms with van der Waals surface area (Å²) in [7, 11) is 0. The quantitative estimate of drug-likeness (QED) is 0.771. The third kappa shape index (κ3) is 7.34. The summed E-state index contributed by atoms with van der Waals surface area (Å²) in [5, 5.41) is 11.5. The predicted octanol–water partition coefficient (Wildman–Crippen LogP) is 2.38. The zero-order valence-corrected chi connectivity index (χ0v) is 12.8. The Labute approximate surface area is 125 Å². The van der Waals surface area contributed by atoms with Crippen LogP contribution in [0.15, 0.2) is 24.3 Å². The van der Waals surface area contributed by atoms with Crippen LogP contribution in [0.1, 0.15) is 32.3 Å². The lowest BCUT2D eigenvalue weighted by Gasteiger charge is -2.16. The van der Waals surface area contributed by atoms with Gasteiger partial charge in [-0.25, -0.2) is 0 Å². The van der Waals surface area contributed by atoms with Crippen LogP contribution in [-0.2, 0) is 9.59 Å². The van der Waals surface area contributed by atoms with Crippen molar-refractivity contribution in [2.75, 3.05) is 6.61 Å². The number of benzene rings is 1. The number of hydrogen-bond donors (Lipinski definition) is 2. The van der Waals surface area contributed by atoms with Gasteiger partial charge < -0.3 is 15.2 Å². The van der Waals surface area contributed by atoms with Crippen molar-refractivity contribution in [1.29, 1.82) is 0 Å². The Morgan fingerprint density at radius 3 is 2.38 bits per heavy atom. The van der Waals surface area contributed by atoms with Crippen molar-refractivity contribution >= 4 is 11.9 Å². The molecule has 0 spiro atoms. The van der Waals surface area contributed by atoms with Gasteiger partial charge in [-0.3, -0.25) is 9.59 Å². The van der Waals surface area contributed by atoms with Crippen LogP contribution in [0.4, 0.5) is 0 Å². The largest absolute Gasteiger partial charge is 0.491 e. The van der Waals surface area contributed by atoms with Crippen molar-refractivity contribution in [2.24, 2.45) is 5.92 Å². The Hall–Kier alpha value is -2.04. The lowest BCUT2D eigenvalue weighted by molar-refractivity contribution is -0.138. The Morgan fingerprint density at radius 1 is 1.19 bits per heavy atom. The summed E-state index contributed by atoms with van der Waals surface area (Å²) in [4.78, 5) is 22.3. The van der Waals surface area contributed by atoms with Gasteiger partial charge in [-0.15, -0.1) is 0 Å². The van der Waals surface area contributed by atoms with Crippen LogP contribution >= 0.6 is 0 Å². The Kier molecular flexibility index (Phi) is 6.72. The monoisotopic (exact) mass is 293 g/mol. The van der Waals surface area contributed by atoms with E-state index in [1.165, 1.54) is 0 Å². The van der Waals surface area contributed by atoms with Crippen LogP contribution in [0.3, 0.4) is 0 Å². The van der Waals surface area contributed by atoms with E-state index in [-0.39, 0.29) is 30.7 Å². The van der Waals surface area contributed by atoms with Crippen LogP contribution in [0.25, 0.3) is 0 Å². The van der Waals surface area contributed by atoms with Gasteiger partial charge in [0.2, 0.25) is 5.91 Å². The summed E-state index contributed by atoms with van der Waals surface area (Å²) in [6.07, 6.45) is 0.211. The Morgan fingerprint density at radius 2 is 1.81 bits per heavy atom. The second-order valence-corrected chi connectivity index (χ2v) is 5.50. The fraction of sp³-hybridized carbons (Fsp3) is 0.500. The molecule has 2 atom stereocenters. The maximum Gasteiger partial charge on any atom is 0.303 e. The molecule has 1 rings (SSSR count). The summed E-state index contributed by atoms with van der Waals surface area (Å²) in [6.45, 7) is 5.99. The first-order valence-corrected chi connectivity index (χ1v) is 7.07. The summed E-state index contributed by atoms with van der Waals surface area (Å²) in [5.41, 5.74) is 1.16. The van der Waals surface area contributed by atoms with Gasteiger partial charge in [-0.05, 0) is 31.9 Å². The first-order chi connectivity index (χ1) is 9.86. The number of amides is 1. The molecule has 1 amide bonds. The summed E-state index contributed by atoms with van der Waals surface area (Å²) < 4.78 is 5.58. The molecule has 1 aromatic carbocycles. The molecule has 0 saturated carbocycles. The number of aliphatic carboxylic acids is 1. The molecule has 1 aromatic rings. The molecule has 5 nitrogen and oxygen atoms in total. The standard InChI is InChI=1S/C16H23NO4/c1-11-4-6-14(7-5-11)21-10-13(3)17-15(18)8-12(2)9-16(19)20/h4-7,12-13H,8-10H2,1-3H3,(H,17,18)(H,19,20). The highest BCUT2D eigenvalue weighted by atomic mass is 16.5. The molecule has 0 saturated heterocycles. The lowest BCUT2D eigenvalue weighted by Crippen LogP contribution is -2.37. The molecule has 2 unspecified atom stereocenters. The third-order valence-electron chi connectivity index (χ3n) is 2.99. The molecule has 5 heteroatoms. The van der Waals surface area contributed by atoms with Gasteiger partial charge in [0.1, 0.15) is 12.4 Å². The summed E-state index contributed by atoms with van der Waals surface area (Å²) >= 11 is 0. The number of ether oxygens (including phenoxy) is 1. The molecule has 0 radical (unpaired) electrons. The van der Waals surface area contributed by atoms with Gasteiger partial charge in [0.25, 0.3) is 0 Å². The van der Waals surface area contributed by atoms with Crippen molar-refractivity contribution in [1.82, 2.24) is 5.32 Å². The molecule has 0 heterocycles. The summed E-state index contributed by atoms with van der Waals surface area (Å²) in [6, 6.07) is 7.58. The maximum absolute atomic E-state index is 11.7. The fourth-order valence-corrected chi connectivity index (χ4v) is 1.92. The molecule has 0 bridgehead atoms. The molecule has 21 heavy (non-hydrogen) atoms. The van der Waals surface area contributed by atoms with E-state index in [1.807, 2.05) is 38.1 Å². The average molecular weight is 293 g/mol. The van der Waals surface area contributed by atoms with Crippen molar-refractivity contribution in [2.45, 2.75) is 39.7 Å². The number of carbonyl (C=O) groups excluding carboxylic acids is 1. The van der Waals surface area contributed by atoms with E-state index in [9.17, 15) is 9.59 Å². The van der Waals surface area contributed by atoms with Crippen LogP contribution < -0.4 is 10.1 Å². The zero-order valence-electron chi connectivity index (χ0n) is 12.8. The first kappa shape index (κ1) is 17.0. The molecular weight excluding hydrogens is 270 g/mol. The highest BCUT2D eigenvalue weighted by Crippen LogP contribution is 2.12. The van der Waals surface area contributed by atoms with Gasteiger partial charge >= 0.3 is 5.97 Å². The van der Waals surface area contributed by atoms with Crippen LogP contribution in [0.2, 0.25) is 0 Å². The number of carboxylic acids is 1. The molecule has 116 valence electrons. The minimum atomic E-state index is -0.883. The summed E-state index contributed by atoms with van der Waals surface area (Å²) in [5.74, 6) is -0.441. The third-order valence-corrected chi connectivity index (χ3v) is 2.99. The predicted molar refractivity (Wildman–Crippen MR) is 80.3 cm³/mol. The molecule has 0 aliphatic heterocycles. The zero-order chi connectivity index (χ0) is 15.8. The second-order valence-electron chi connectivity index (χ2n) is 5.50. The van der Waals surface area contributed by atoms with E-state index >= 15 is 0 Å². The van der Waals surface area contributed by atoms with Gasteiger partial charge in [0.15, 0.2) is 0 Å². The minimum Gasteiger partial charge on any atom is -0.491 e. The number of nitrogens with one attached hydrogen (secondary N) is 1. The van der Waals surface area contributed by atoms with Crippen molar-refractivity contribution in [3.8, 4) is 5.75 Å². The smallest absolute Gasteiger partial charge is 0.303 e. The van der Waals surface area contributed by atoms with Gasteiger partial charge in [-0.2, -0.15) is 0 Å². The molecular formula is C16H23NO4. The van der Waals surface area contributed by atoms with Crippen molar-refractivity contribution in [3.05, 3.63) is 29.8 Å². The average Bonchev–Trinajstić information content (AvgIpc) is 2.36. The number of hydrogen-bond acceptors (Lipinski definition) is 3. The van der Waals surface area contributed by atoms with E-state index in [0.717, 1.165) is 11.3 Å². The minimum absolute atomic E-state index is 0.00165. The fourth-order valence-electron chi connectivity index (χ4n) is 1.92. The normalized spacial score (nSPS) is 13.3. The van der Waals surface area contributed by atoms with Gasteiger partial charge in [-0.1, -0.05) is 24.6 Å². The second kappa shape index (κ2) is 8.29. The number of carbonyl (C=O) groups is 2. The molecule has 0 aromatic heterocycles. The molecule has 2 N–H and O–H groups in total. The number of carboxylic acid groups (broad SMARTS) is 1. The Bertz CT molecular complexity index is 470. The van der Waals surface area contributed by atoms with E-state index in [1.54, 1.807) is 6.92 Å². The van der Waals surface area contributed by atoms with Crippen LogP contribution in [0, 0.1) is 12.8 Å². The molecule has 0 aliphatic carbocycles. The highest BCUT2D eigenvalue weighted by Gasteiger charge is 2.14. The van der Waals surface area contributed by atoms with Crippen LogP contribution in [0.5, 0.6) is 5.75 Å². The van der Waals surface area contributed by atoms with E-state index in [0.29, 0.717) is 6.61 Å². The van der Waals surface area contributed by atoms with Crippen molar-refractivity contribution in [3.63, 3.8) is 0 Å². The number of rotatable bonds is 8. The first-order valence-electron chi connectivity index (χ1n) is 7.07. The van der Waals surface area contributed by atoms with Crippen molar-refractivity contribution < 1.29 is 19.4 Å². The van der Waals surface area contributed by atoms with Crippen LogP contribution in [-0.4, -0.2) is 29.6 Å². The SMILES string of the molecule is Cc1ccc(OCC(C)NC(=O)CC(C)CC(=O)O)cc1. The number of aryl methyl sites for hydroxylation is 1. The molecule has 0 aliphatic rings. The van der Waals surface area contributed by atoms with Gasteiger partial charge in [0.05, 0.1) is 6.04 Å². The lowest BCUT2D eigenvalue weighted by atomic mass is 10.0. The molecule has 0 fully saturated rings. The highest BCUT2D eigenvalue weighted by molar-refractivity contribution is 5.77.